The number of hydrogen-bond donors (Lipinski definition) is 1. The summed E-state index contributed by atoms with van der Waals surface area (Å²) in [4.78, 5) is 11.9. The molecule has 134 valence electrons. The van der Waals surface area contributed by atoms with Crippen LogP contribution in [0.4, 0.5) is 0 Å². The van der Waals surface area contributed by atoms with Gasteiger partial charge in [0.25, 0.3) is 5.91 Å². The van der Waals surface area contributed by atoms with Crippen molar-refractivity contribution >= 4 is 5.91 Å². The number of amides is 1. The van der Waals surface area contributed by atoms with Gasteiger partial charge in [0.1, 0.15) is 12.4 Å². The largest absolute Gasteiger partial charge is 0.492 e. The molecule has 0 aliphatic heterocycles. The molecule has 0 saturated carbocycles. The Morgan fingerprint density at radius 3 is 2.24 bits per heavy atom. The van der Waals surface area contributed by atoms with E-state index in [4.69, 9.17) is 14.2 Å². The highest BCUT2D eigenvalue weighted by Crippen LogP contribution is 2.26. The second-order valence-corrected chi connectivity index (χ2v) is 5.69. The molecule has 25 heavy (non-hydrogen) atoms. The maximum absolute atomic E-state index is 11.9. The Bertz CT molecular complexity index is 680. The van der Waals surface area contributed by atoms with Gasteiger partial charge in [-0.15, -0.1) is 0 Å². The molecule has 0 spiro atoms. The van der Waals surface area contributed by atoms with E-state index in [9.17, 15) is 4.79 Å². The standard InChI is InChI=1S/C20H25NO4/c1-4-23-18-7-5-6-8-19(18)25-14-20(22)21-9-10-24-17-12-15(2)11-16(3)13-17/h5-8,11-13H,4,9-10,14H2,1-3H3,(H,21,22). The van der Waals surface area contributed by atoms with Crippen molar-refractivity contribution in [3.8, 4) is 17.2 Å². The molecule has 2 aromatic rings. The highest BCUT2D eigenvalue weighted by atomic mass is 16.5. The minimum atomic E-state index is -0.199. The third-order valence-electron chi connectivity index (χ3n) is 3.40. The molecule has 0 radical (unpaired) electrons. The Labute approximate surface area is 148 Å². The molecule has 2 rings (SSSR count). The van der Waals surface area contributed by atoms with Gasteiger partial charge in [0.2, 0.25) is 0 Å². The Balaban J connectivity index is 1.71. The van der Waals surface area contributed by atoms with Crippen LogP contribution in [0.5, 0.6) is 17.2 Å². The van der Waals surface area contributed by atoms with Crippen molar-refractivity contribution in [2.75, 3.05) is 26.4 Å². The summed E-state index contributed by atoms with van der Waals surface area (Å²) >= 11 is 0. The zero-order chi connectivity index (χ0) is 18.1. The predicted molar refractivity (Wildman–Crippen MR) is 97.5 cm³/mol. The summed E-state index contributed by atoms with van der Waals surface area (Å²) in [5.74, 6) is 1.81. The quantitative estimate of drug-likeness (QED) is 0.710. The molecule has 0 aliphatic rings. The fourth-order valence-corrected chi connectivity index (χ4v) is 2.41. The first kappa shape index (κ1) is 18.6. The maximum Gasteiger partial charge on any atom is 0.258 e. The summed E-state index contributed by atoms with van der Waals surface area (Å²) in [7, 11) is 0. The van der Waals surface area contributed by atoms with Crippen molar-refractivity contribution in [2.24, 2.45) is 0 Å². The van der Waals surface area contributed by atoms with Crippen LogP contribution in [0.1, 0.15) is 18.1 Å². The number of aryl methyl sites for hydroxylation is 2. The van der Waals surface area contributed by atoms with Crippen molar-refractivity contribution < 1.29 is 19.0 Å². The van der Waals surface area contributed by atoms with Crippen LogP contribution in [0.25, 0.3) is 0 Å². The molecule has 0 heterocycles. The molecule has 0 atom stereocenters. The van der Waals surface area contributed by atoms with E-state index in [-0.39, 0.29) is 12.5 Å². The van der Waals surface area contributed by atoms with Crippen LogP contribution in [0.3, 0.4) is 0 Å². The number of ether oxygens (including phenoxy) is 3. The number of carbonyl (C=O) groups excluding carboxylic acids is 1. The van der Waals surface area contributed by atoms with E-state index < -0.39 is 0 Å². The van der Waals surface area contributed by atoms with Crippen LogP contribution < -0.4 is 19.5 Å². The molecule has 1 amide bonds. The Hall–Kier alpha value is -2.69. The third kappa shape index (κ3) is 6.37. The summed E-state index contributed by atoms with van der Waals surface area (Å²) in [6.07, 6.45) is 0. The van der Waals surface area contributed by atoms with E-state index in [2.05, 4.69) is 11.4 Å². The molecule has 5 nitrogen and oxygen atoms in total. The van der Waals surface area contributed by atoms with Gasteiger partial charge in [-0.05, 0) is 56.2 Å². The highest BCUT2D eigenvalue weighted by Gasteiger charge is 2.07. The number of rotatable bonds is 9. The van der Waals surface area contributed by atoms with Crippen LogP contribution in [0.15, 0.2) is 42.5 Å². The van der Waals surface area contributed by atoms with E-state index in [0.29, 0.717) is 31.3 Å². The monoisotopic (exact) mass is 343 g/mol. The second-order valence-electron chi connectivity index (χ2n) is 5.69. The van der Waals surface area contributed by atoms with E-state index in [1.165, 1.54) is 0 Å². The number of nitrogens with one attached hydrogen (secondary N) is 1. The fraction of sp³-hybridized carbons (Fsp3) is 0.350. The number of benzene rings is 2. The first-order chi connectivity index (χ1) is 12.1. The summed E-state index contributed by atoms with van der Waals surface area (Å²) in [5.41, 5.74) is 2.31. The Morgan fingerprint density at radius 2 is 1.60 bits per heavy atom. The van der Waals surface area contributed by atoms with Gasteiger partial charge in [-0.2, -0.15) is 0 Å². The average molecular weight is 343 g/mol. The Kier molecular flexibility index (Phi) is 7.14. The van der Waals surface area contributed by atoms with E-state index in [1.54, 1.807) is 6.07 Å². The van der Waals surface area contributed by atoms with Crippen molar-refractivity contribution in [1.82, 2.24) is 5.32 Å². The number of para-hydroxylation sites is 2. The Morgan fingerprint density at radius 1 is 0.960 bits per heavy atom. The van der Waals surface area contributed by atoms with Gasteiger partial charge < -0.3 is 19.5 Å². The minimum absolute atomic E-state index is 0.0619. The fourth-order valence-electron chi connectivity index (χ4n) is 2.41. The lowest BCUT2D eigenvalue weighted by Crippen LogP contribution is -2.32. The average Bonchev–Trinajstić information content (AvgIpc) is 2.57. The molecule has 0 bridgehead atoms. The molecular formula is C20H25NO4. The lowest BCUT2D eigenvalue weighted by atomic mass is 10.1. The lowest BCUT2D eigenvalue weighted by Gasteiger charge is -2.12. The second kappa shape index (κ2) is 9.57. The van der Waals surface area contributed by atoms with Crippen molar-refractivity contribution in [2.45, 2.75) is 20.8 Å². The van der Waals surface area contributed by atoms with E-state index in [1.807, 2.05) is 51.1 Å². The number of carbonyl (C=O) groups is 1. The lowest BCUT2D eigenvalue weighted by molar-refractivity contribution is -0.123. The summed E-state index contributed by atoms with van der Waals surface area (Å²) in [6, 6.07) is 13.3. The smallest absolute Gasteiger partial charge is 0.258 e. The van der Waals surface area contributed by atoms with Gasteiger partial charge in [-0.3, -0.25) is 4.79 Å². The molecule has 0 aromatic heterocycles. The molecule has 2 aromatic carbocycles. The molecular weight excluding hydrogens is 318 g/mol. The third-order valence-corrected chi connectivity index (χ3v) is 3.40. The zero-order valence-electron chi connectivity index (χ0n) is 15.0. The molecule has 1 N–H and O–H groups in total. The molecule has 0 fully saturated rings. The van der Waals surface area contributed by atoms with Gasteiger partial charge in [-0.1, -0.05) is 18.2 Å². The number of hydrogen-bond acceptors (Lipinski definition) is 4. The summed E-state index contributed by atoms with van der Waals surface area (Å²) in [5, 5.41) is 2.77. The SMILES string of the molecule is CCOc1ccccc1OCC(=O)NCCOc1cc(C)cc(C)c1. The summed E-state index contributed by atoms with van der Waals surface area (Å²) < 4.78 is 16.6. The maximum atomic E-state index is 11.9. The van der Waals surface area contributed by atoms with Crippen molar-refractivity contribution in [1.29, 1.82) is 0 Å². The first-order valence-electron chi connectivity index (χ1n) is 8.41. The predicted octanol–water partition coefficient (Wildman–Crippen LogP) is 3.28. The van der Waals surface area contributed by atoms with E-state index >= 15 is 0 Å². The molecule has 5 heteroatoms. The van der Waals surface area contributed by atoms with Gasteiger partial charge in [0.15, 0.2) is 18.1 Å². The molecule has 0 saturated heterocycles. The van der Waals surface area contributed by atoms with Crippen LogP contribution in [-0.4, -0.2) is 32.3 Å². The van der Waals surface area contributed by atoms with Gasteiger partial charge in [0, 0.05) is 0 Å². The topological polar surface area (TPSA) is 56.8 Å². The van der Waals surface area contributed by atoms with Crippen LogP contribution in [0, 0.1) is 13.8 Å². The van der Waals surface area contributed by atoms with Crippen LogP contribution in [-0.2, 0) is 4.79 Å². The molecule has 0 aliphatic carbocycles. The van der Waals surface area contributed by atoms with Gasteiger partial charge in [0.05, 0.1) is 13.2 Å². The zero-order valence-corrected chi connectivity index (χ0v) is 15.0. The van der Waals surface area contributed by atoms with E-state index in [0.717, 1.165) is 16.9 Å². The highest BCUT2D eigenvalue weighted by molar-refractivity contribution is 5.77. The summed E-state index contributed by atoms with van der Waals surface area (Å²) in [6.45, 7) is 7.26. The van der Waals surface area contributed by atoms with Crippen molar-refractivity contribution in [3.05, 3.63) is 53.6 Å². The van der Waals surface area contributed by atoms with Gasteiger partial charge >= 0.3 is 0 Å². The minimum Gasteiger partial charge on any atom is -0.492 e. The van der Waals surface area contributed by atoms with Crippen LogP contribution in [0.2, 0.25) is 0 Å². The molecule has 0 unspecified atom stereocenters. The normalized spacial score (nSPS) is 10.2. The van der Waals surface area contributed by atoms with Gasteiger partial charge in [-0.25, -0.2) is 0 Å². The first-order valence-corrected chi connectivity index (χ1v) is 8.41. The van der Waals surface area contributed by atoms with Crippen molar-refractivity contribution in [3.63, 3.8) is 0 Å². The van der Waals surface area contributed by atoms with Crippen LogP contribution >= 0.6 is 0 Å².